The molecule has 1 aromatic heterocycles. The topological polar surface area (TPSA) is 50.9 Å². The molecule has 0 spiro atoms. The van der Waals surface area contributed by atoms with Crippen LogP contribution in [0.2, 0.25) is 0 Å². The zero-order valence-corrected chi connectivity index (χ0v) is 9.22. The van der Waals surface area contributed by atoms with Gasteiger partial charge in [0.2, 0.25) is 0 Å². The number of benzene rings is 1. The Labute approximate surface area is 95.3 Å². The lowest BCUT2D eigenvalue weighted by molar-refractivity contribution is 0.587. The van der Waals surface area contributed by atoms with E-state index in [4.69, 9.17) is 5.84 Å². The zero-order chi connectivity index (χ0) is 11.4. The highest BCUT2D eigenvalue weighted by molar-refractivity contribution is 5.58. The van der Waals surface area contributed by atoms with E-state index in [2.05, 4.69) is 10.4 Å². The van der Waals surface area contributed by atoms with Crippen molar-refractivity contribution >= 4 is 0 Å². The average molecular weight is 213 g/mol. The largest absolute Gasteiger partial charge is 0.271 e. The average Bonchev–Trinajstić information content (AvgIpc) is 2.39. The van der Waals surface area contributed by atoms with Crippen LogP contribution in [-0.4, -0.2) is 4.98 Å². The maximum absolute atomic E-state index is 5.40. The van der Waals surface area contributed by atoms with Gasteiger partial charge in [0.25, 0.3) is 0 Å². The van der Waals surface area contributed by atoms with Gasteiger partial charge in [0.05, 0.1) is 17.4 Å². The number of nitrogens with one attached hydrogen (secondary N) is 1. The molecule has 0 aliphatic heterocycles. The Bertz CT molecular complexity index is 454. The number of rotatable bonds is 3. The predicted octanol–water partition coefficient (Wildman–Crippen LogP) is 2.27. The molecule has 2 aromatic rings. The summed E-state index contributed by atoms with van der Waals surface area (Å²) in [5.41, 5.74) is 5.74. The molecule has 0 bridgehead atoms. The molecule has 1 aromatic carbocycles. The van der Waals surface area contributed by atoms with Gasteiger partial charge >= 0.3 is 0 Å². The summed E-state index contributed by atoms with van der Waals surface area (Å²) in [7, 11) is 0. The standard InChI is InChI=1S/C13H15N3/c1-10(16-14)12-8-5-9-13(15-12)11-6-3-2-4-7-11/h2-10,16H,14H2,1H3. The molecule has 0 radical (unpaired) electrons. The van der Waals surface area contributed by atoms with E-state index in [-0.39, 0.29) is 6.04 Å². The molecule has 3 heteroatoms. The molecule has 82 valence electrons. The molecule has 16 heavy (non-hydrogen) atoms. The molecule has 3 nitrogen and oxygen atoms in total. The van der Waals surface area contributed by atoms with Crippen molar-refractivity contribution in [3.8, 4) is 11.3 Å². The lowest BCUT2D eigenvalue weighted by Crippen LogP contribution is -2.26. The van der Waals surface area contributed by atoms with Crippen molar-refractivity contribution in [3.63, 3.8) is 0 Å². The Kier molecular flexibility index (Phi) is 3.29. The molecule has 1 atom stereocenters. The fourth-order valence-electron chi connectivity index (χ4n) is 1.55. The van der Waals surface area contributed by atoms with Gasteiger partial charge in [-0.25, -0.2) is 0 Å². The van der Waals surface area contributed by atoms with Gasteiger partial charge in [-0.1, -0.05) is 36.4 Å². The molecule has 1 heterocycles. The summed E-state index contributed by atoms with van der Waals surface area (Å²) in [5.74, 6) is 5.40. The Hall–Kier alpha value is -1.71. The third-order valence-electron chi connectivity index (χ3n) is 2.53. The van der Waals surface area contributed by atoms with Crippen molar-refractivity contribution in [2.24, 2.45) is 5.84 Å². The summed E-state index contributed by atoms with van der Waals surface area (Å²) in [6.07, 6.45) is 0. The summed E-state index contributed by atoms with van der Waals surface area (Å²) < 4.78 is 0. The van der Waals surface area contributed by atoms with Gasteiger partial charge in [-0.05, 0) is 19.1 Å². The predicted molar refractivity (Wildman–Crippen MR) is 65.4 cm³/mol. The van der Waals surface area contributed by atoms with Crippen LogP contribution in [0.1, 0.15) is 18.7 Å². The molecular formula is C13H15N3. The van der Waals surface area contributed by atoms with Gasteiger partial charge < -0.3 is 0 Å². The smallest absolute Gasteiger partial charge is 0.0706 e. The normalized spacial score (nSPS) is 12.4. The minimum absolute atomic E-state index is 0.0589. The first-order valence-corrected chi connectivity index (χ1v) is 5.30. The van der Waals surface area contributed by atoms with E-state index in [1.54, 1.807) is 0 Å². The van der Waals surface area contributed by atoms with Gasteiger partial charge in [0.15, 0.2) is 0 Å². The van der Waals surface area contributed by atoms with E-state index in [1.807, 2.05) is 55.5 Å². The molecular weight excluding hydrogens is 198 g/mol. The van der Waals surface area contributed by atoms with E-state index in [0.29, 0.717) is 0 Å². The molecule has 0 aliphatic carbocycles. The highest BCUT2D eigenvalue weighted by Gasteiger charge is 2.05. The van der Waals surface area contributed by atoms with Crippen LogP contribution in [0.25, 0.3) is 11.3 Å². The Morgan fingerprint density at radius 3 is 2.50 bits per heavy atom. The molecule has 0 amide bonds. The van der Waals surface area contributed by atoms with Crippen molar-refractivity contribution in [1.29, 1.82) is 0 Å². The third-order valence-corrected chi connectivity index (χ3v) is 2.53. The number of aromatic nitrogens is 1. The molecule has 2 rings (SSSR count). The fourth-order valence-corrected chi connectivity index (χ4v) is 1.55. The van der Waals surface area contributed by atoms with Crippen LogP contribution in [0.3, 0.4) is 0 Å². The van der Waals surface area contributed by atoms with Crippen molar-refractivity contribution in [3.05, 3.63) is 54.2 Å². The fraction of sp³-hybridized carbons (Fsp3) is 0.154. The Morgan fingerprint density at radius 1 is 1.06 bits per heavy atom. The van der Waals surface area contributed by atoms with Crippen molar-refractivity contribution < 1.29 is 0 Å². The molecule has 0 aliphatic rings. The number of hydrogen-bond donors (Lipinski definition) is 2. The van der Waals surface area contributed by atoms with Gasteiger partial charge in [-0.3, -0.25) is 16.3 Å². The second kappa shape index (κ2) is 4.88. The van der Waals surface area contributed by atoms with Crippen LogP contribution >= 0.6 is 0 Å². The molecule has 3 N–H and O–H groups in total. The quantitative estimate of drug-likeness (QED) is 0.607. The zero-order valence-electron chi connectivity index (χ0n) is 9.22. The number of hydrazine groups is 1. The second-order valence-electron chi connectivity index (χ2n) is 3.70. The minimum atomic E-state index is 0.0589. The minimum Gasteiger partial charge on any atom is -0.271 e. The summed E-state index contributed by atoms with van der Waals surface area (Å²) in [5, 5.41) is 0. The van der Waals surface area contributed by atoms with Crippen molar-refractivity contribution in [2.45, 2.75) is 13.0 Å². The first-order valence-electron chi connectivity index (χ1n) is 5.30. The lowest BCUT2D eigenvalue weighted by atomic mass is 10.1. The van der Waals surface area contributed by atoms with Crippen LogP contribution in [0.4, 0.5) is 0 Å². The van der Waals surface area contributed by atoms with Gasteiger partial charge in [-0.2, -0.15) is 0 Å². The highest BCUT2D eigenvalue weighted by Crippen LogP contribution is 2.18. The Morgan fingerprint density at radius 2 is 1.81 bits per heavy atom. The monoisotopic (exact) mass is 213 g/mol. The van der Waals surface area contributed by atoms with Crippen LogP contribution in [-0.2, 0) is 0 Å². The van der Waals surface area contributed by atoms with Crippen LogP contribution in [0.5, 0.6) is 0 Å². The van der Waals surface area contributed by atoms with Gasteiger partial charge in [0, 0.05) is 5.56 Å². The van der Waals surface area contributed by atoms with Gasteiger partial charge in [-0.15, -0.1) is 0 Å². The summed E-state index contributed by atoms with van der Waals surface area (Å²) in [6, 6.07) is 16.1. The third kappa shape index (κ3) is 2.27. The molecule has 0 saturated carbocycles. The Balaban J connectivity index is 2.36. The van der Waals surface area contributed by atoms with E-state index in [0.717, 1.165) is 17.0 Å². The summed E-state index contributed by atoms with van der Waals surface area (Å²) in [4.78, 5) is 4.57. The highest BCUT2D eigenvalue weighted by atomic mass is 15.2. The number of nitrogens with two attached hydrogens (primary N) is 1. The second-order valence-corrected chi connectivity index (χ2v) is 3.70. The molecule has 0 saturated heterocycles. The molecule has 1 unspecified atom stereocenters. The van der Waals surface area contributed by atoms with E-state index in [9.17, 15) is 0 Å². The maximum Gasteiger partial charge on any atom is 0.0706 e. The van der Waals surface area contributed by atoms with E-state index < -0.39 is 0 Å². The summed E-state index contributed by atoms with van der Waals surface area (Å²) in [6.45, 7) is 1.98. The van der Waals surface area contributed by atoms with Crippen LogP contribution in [0.15, 0.2) is 48.5 Å². The van der Waals surface area contributed by atoms with E-state index in [1.165, 1.54) is 0 Å². The maximum atomic E-state index is 5.40. The van der Waals surface area contributed by atoms with Crippen molar-refractivity contribution in [1.82, 2.24) is 10.4 Å². The molecule has 0 fully saturated rings. The van der Waals surface area contributed by atoms with Gasteiger partial charge in [0.1, 0.15) is 0 Å². The van der Waals surface area contributed by atoms with Crippen LogP contribution < -0.4 is 11.3 Å². The number of hydrogen-bond acceptors (Lipinski definition) is 3. The lowest BCUT2D eigenvalue weighted by Gasteiger charge is -2.10. The van der Waals surface area contributed by atoms with Crippen molar-refractivity contribution in [2.75, 3.05) is 0 Å². The number of pyridine rings is 1. The summed E-state index contributed by atoms with van der Waals surface area (Å²) >= 11 is 0. The SMILES string of the molecule is CC(NN)c1cccc(-c2ccccc2)n1. The van der Waals surface area contributed by atoms with Crippen LogP contribution in [0, 0.1) is 0 Å². The van der Waals surface area contributed by atoms with E-state index >= 15 is 0 Å². The first-order chi connectivity index (χ1) is 7.81. The number of nitrogens with zero attached hydrogens (tertiary/aromatic N) is 1. The first kappa shape index (κ1) is 10.8.